The Morgan fingerprint density at radius 1 is 1.47 bits per heavy atom. The van der Waals surface area contributed by atoms with Crippen LogP contribution < -0.4 is 9.03 Å². The predicted octanol–water partition coefficient (Wildman–Crippen LogP) is 0.992. The van der Waals surface area contributed by atoms with E-state index in [-0.39, 0.29) is 5.56 Å². The van der Waals surface area contributed by atoms with E-state index in [1.54, 1.807) is 6.07 Å². The van der Waals surface area contributed by atoms with Gasteiger partial charge in [0.25, 0.3) is 0 Å². The zero-order chi connectivity index (χ0) is 14.0. The molecule has 0 spiro atoms. The van der Waals surface area contributed by atoms with Gasteiger partial charge in [-0.15, -0.1) is 0 Å². The number of carboxylic acid groups (broad SMARTS) is 1. The minimum absolute atomic E-state index is 0.180. The van der Waals surface area contributed by atoms with Crippen LogP contribution in [0.15, 0.2) is 18.2 Å². The first-order valence-corrected chi connectivity index (χ1v) is 7.53. The fourth-order valence-electron chi connectivity index (χ4n) is 2.06. The number of fused-ring (bicyclic) bond motifs is 1. The van der Waals surface area contributed by atoms with Crippen LogP contribution in [0.4, 0.5) is 5.69 Å². The molecule has 0 saturated carbocycles. The molecular formula is C12H16N2O4S. The monoisotopic (exact) mass is 284 g/mol. The summed E-state index contributed by atoms with van der Waals surface area (Å²) < 4.78 is 27.9. The number of carbonyl (C=O) groups is 1. The van der Waals surface area contributed by atoms with E-state index in [0.717, 1.165) is 12.0 Å². The minimum atomic E-state index is -3.53. The van der Waals surface area contributed by atoms with Gasteiger partial charge < -0.3 is 5.11 Å². The molecule has 7 heteroatoms. The number of nitrogens with one attached hydrogen (secondary N) is 1. The average molecular weight is 284 g/mol. The number of anilines is 1. The summed E-state index contributed by atoms with van der Waals surface area (Å²) in [5.41, 5.74) is 1.50. The van der Waals surface area contributed by atoms with Gasteiger partial charge in [-0.3, -0.25) is 4.31 Å². The molecule has 0 amide bonds. The van der Waals surface area contributed by atoms with Gasteiger partial charge in [-0.25, -0.2) is 4.79 Å². The maximum absolute atomic E-state index is 12.1. The quantitative estimate of drug-likeness (QED) is 0.844. The third-order valence-corrected chi connectivity index (χ3v) is 4.53. The molecule has 0 radical (unpaired) electrons. The van der Waals surface area contributed by atoms with Gasteiger partial charge in [0, 0.05) is 13.1 Å². The van der Waals surface area contributed by atoms with Gasteiger partial charge >= 0.3 is 16.2 Å². The van der Waals surface area contributed by atoms with Gasteiger partial charge in [-0.05, 0) is 36.6 Å². The second-order valence-electron chi connectivity index (χ2n) is 4.37. The smallest absolute Gasteiger partial charge is 0.335 e. The summed E-state index contributed by atoms with van der Waals surface area (Å²) in [4.78, 5) is 10.9. The van der Waals surface area contributed by atoms with Crippen LogP contribution in [0.1, 0.15) is 29.3 Å². The Labute approximate surface area is 112 Å². The van der Waals surface area contributed by atoms with Gasteiger partial charge in [-0.2, -0.15) is 13.1 Å². The van der Waals surface area contributed by atoms with E-state index in [1.807, 2.05) is 6.92 Å². The molecule has 0 aromatic heterocycles. The summed E-state index contributed by atoms with van der Waals surface area (Å²) >= 11 is 0. The first-order chi connectivity index (χ1) is 8.95. The van der Waals surface area contributed by atoms with E-state index in [1.165, 1.54) is 16.4 Å². The van der Waals surface area contributed by atoms with Crippen molar-refractivity contribution in [2.75, 3.05) is 17.4 Å². The van der Waals surface area contributed by atoms with Crippen LogP contribution in [0.25, 0.3) is 0 Å². The van der Waals surface area contributed by atoms with Gasteiger partial charge in [0.1, 0.15) is 0 Å². The molecule has 1 aliphatic heterocycles. The molecule has 0 bridgehead atoms. The van der Waals surface area contributed by atoms with Crippen molar-refractivity contribution >= 4 is 21.9 Å². The zero-order valence-electron chi connectivity index (χ0n) is 10.6. The molecule has 2 rings (SSSR count). The Morgan fingerprint density at radius 2 is 2.21 bits per heavy atom. The van der Waals surface area contributed by atoms with Crippen LogP contribution in [0.2, 0.25) is 0 Å². The van der Waals surface area contributed by atoms with Crippen molar-refractivity contribution in [2.24, 2.45) is 0 Å². The average Bonchev–Trinajstić information content (AvgIpc) is 2.79. The van der Waals surface area contributed by atoms with E-state index in [4.69, 9.17) is 5.11 Å². The normalized spacial score (nSPS) is 14.5. The van der Waals surface area contributed by atoms with Crippen molar-refractivity contribution in [3.8, 4) is 0 Å². The third-order valence-electron chi connectivity index (χ3n) is 3.00. The van der Waals surface area contributed by atoms with Crippen molar-refractivity contribution in [3.05, 3.63) is 29.3 Å². The van der Waals surface area contributed by atoms with E-state index in [0.29, 0.717) is 25.2 Å². The molecule has 1 heterocycles. The Bertz CT molecular complexity index is 598. The van der Waals surface area contributed by atoms with Gasteiger partial charge in [-0.1, -0.05) is 6.92 Å². The minimum Gasteiger partial charge on any atom is -0.478 e. The van der Waals surface area contributed by atoms with Crippen molar-refractivity contribution in [1.29, 1.82) is 0 Å². The second-order valence-corrected chi connectivity index (χ2v) is 6.05. The summed E-state index contributed by atoms with van der Waals surface area (Å²) in [6, 6.07) is 4.51. The van der Waals surface area contributed by atoms with Crippen LogP contribution >= 0.6 is 0 Å². The van der Waals surface area contributed by atoms with Gasteiger partial charge in [0.15, 0.2) is 0 Å². The van der Waals surface area contributed by atoms with E-state index in [2.05, 4.69) is 4.72 Å². The highest BCUT2D eigenvalue weighted by molar-refractivity contribution is 7.90. The summed E-state index contributed by atoms with van der Waals surface area (Å²) in [5.74, 6) is -1.01. The molecule has 1 aromatic carbocycles. The van der Waals surface area contributed by atoms with Crippen LogP contribution in [0, 0.1) is 0 Å². The fourth-order valence-corrected chi connectivity index (χ4v) is 3.45. The fraction of sp³-hybridized carbons (Fsp3) is 0.417. The molecule has 1 aliphatic rings. The molecule has 0 fully saturated rings. The van der Waals surface area contributed by atoms with Gasteiger partial charge in [0.05, 0.1) is 11.3 Å². The molecule has 6 nitrogen and oxygen atoms in total. The molecule has 0 aliphatic carbocycles. The lowest BCUT2D eigenvalue weighted by atomic mass is 10.1. The molecule has 1 aromatic rings. The maximum Gasteiger partial charge on any atom is 0.335 e. The molecule has 19 heavy (non-hydrogen) atoms. The number of benzene rings is 1. The summed E-state index contributed by atoms with van der Waals surface area (Å²) in [6.45, 7) is 2.62. The molecule has 104 valence electrons. The highest BCUT2D eigenvalue weighted by Crippen LogP contribution is 2.30. The number of rotatable bonds is 5. The SMILES string of the molecule is CCCNS(=O)(=O)N1CCc2cc(C(=O)O)ccc21. The van der Waals surface area contributed by atoms with E-state index >= 15 is 0 Å². The predicted molar refractivity (Wildman–Crippen MR) is 71.7 cm³/mol. The van der Waals surface area contributed by atoms with Crippen LogP contribution in [0.5, 0.6) is 0 Å². The number of aromatic carboxylic acids is 1. The largest absolute Gasteiger partial charge is 0.478 e. The second kappa shape index (κ2) is 5.18. The molecule has 2 N–H and O–H groups in total. The van der Waals surface area contributed by atoms with E-state index in [9.17, 15) is 13.2 Å². The first-order valence-electron chi connectivity index (χ1n) is 6.09. The number of nitrogens with zero attached hydrogens (tertiary/aromatic N) is 1. The molecule has 0 unspecified atom stereocenters. The Hall–Kier alpha value is -1.60. The highest BCUT2D eigenvalue weighted by Gasteiger charge is 2.29. The molecular weight excluding hydrogens is 268 g/mol. The Kier molecular flexibility index (Phi) is 3.77. The van der Waals surface area contributed by atoms with Crippen LogP contribution in [-0.2, 0) is 16.6 Å². The van der Waals surface area contributed by atoms with Crippen molar-refractivity contribution in [3.63, 3.8) is 0 Å². The Balaban J connectivity index is 2.30. The molecule has 0 atom stereocenters. The van der Waals surface area contributed by atoms with Gasteiger partial charge in [0.2, 0.25) is 0 Å². The lowest BCUT2D eigenvalue weighted by molar-refractivity contribution is 0.0697. The van der Waals surface area contributed by atoms with E-state index < -0.39 is 16.2 Å². The van der Waals surface area contributed by atoms with Crippen molar-refractivity contribution in [2.45, 2.75) is 19.8 Å². The molecule has 0 saturated heterocycles. The summed E-state index contributed by atoms with van der Waals surface area (Å²) in [7, 11) is -3.53. The Morgan fingerprint density at radius 3 is 2.84 bits per heavy atom. The standard InChI is InChI=1S/C12H16N2O4S/c1-2-6-13-19(17,18)14-7-5-9-8-10(12(15)16)3-4-11(9)14/h3-4,8,13H,2,5-7H2,1H3,(H,15,16). The number of carboxylic acids is 1. The third kappa shape index (κ3) is 2.71. The van der Waals surface area contributed by atoms with Crippen molar-refractivity contribution in [1.82, 2.24) is 4.72 Å². The van der Waals surface area contributed by atoms with Crippen LogP contribution in [-0.4, -0.2) is 32.6 Å². The highest BCUT2D eigenvalue weighted by atomic mass is 32.2. The first kappa shape index (κ1) is 13.8. The summed E-state index contributed by atoms with van der Waals surface area (Å²) in [6.07, 6.45) is 1.25. The summed E-state index contributed by atoms with van der Waals surface area (Å²) in [5, 5.41) is 8.91. The lowest BCUT2D eigenvalue weighted by Crippen LogP contribution is -2.40. The maximum atomic E-state index is 12.1. The topological polar surface area (TPSA) is 86.7 Å². The zero-order valence-corrected chi connectivity index (χ0v) is 11.4. The number of hydrogen-bond acceptors (Lipinski definition) is 3. The lowest BCUT2D eigenvalue weighted by Gasteiger charge is -2.19. The number of hydrogen-bond donors (Lipinski definition) is 2. The van der Waals surface area contributed by atoms with Crippen LogP contribution in [0.3, 0.4) is 0 Å². The van der Waals surface area contributed by atoms with Crippen molar-refractivity contribution < 1.29 is 18.3 Å².